The molecule has 1 rings (SSSR count). The van der Waals surface area contributed by atoms with Crippen LogP contribution in [-0.4, -0.2) is 30.4 Å². The fraction of sp³-hybridized carbons (Fsp3) is 0.625. The van der Waals surface area contributed by atoms with Crippen molar-refractivity contribution in [1.29, 1.82) is 0 Å². The Bertz CT molecular complexity index is 379. The number of rotatable bonds is 8. The smallest absolute Gasteiger partial charge is 0.119 e. The van der Waals surface area contributed by atoms with Crippen molar-refractivity contribution in [2.75, 3.05) is 13.2 Å². The second-order valence-electron chi connectivity index (χ2n) is 5.64. The van der Waals surface area contributed by atoms with Crippen LogP contribution in [0.3, 0.4) is 0 Å². The van der Waals surface area contributed by atoms with Gasteiger partial charge in [0.1, 0.15) is 5.75 Å². The van der Waals surface area contributed by atoms with Crippen LogP contribution in [0, 0.1) is 5.92 Å². The first-order chi connectivity index (χ1) is 9.47. The summed E-state index contributed by atoms with van der Waals surface area (Å²) in [7, 11) is 0. The Morgan fingerprint density at radius 2 is 1.75 bits per heavy atom. The van der Waals surface area contributed by atoms with Crippen LogP contribution in [0.4, 0.5) is 0 Å². The lowest BCUT2D eigenvalue weighted by Crippen LogP contribution is -2.39. The highest BCUT2D eigenvalue weighted by molar-refractivity contribution is 5.29. The first-order valence-electron chi connectivity index (χ1n) is 7.31. The molecule has 0 fully saturated rings. The number of nitrogens with two attached hydrogens (primary N) is 1. The largest absolute Gasteiger partial charge is 0.491 e. The summed E-state index contributed by atoms with van der Waals surface area (Å²) in [6, 6.07) is 8.32. The second-order valence-corrected chi connectivity index (χ2v) is 5.64. The second kappa shape index (κ2) is 8.25. The number of hydrogen-bond acceptors (Lipinski definition) is 4. The number of ether oxygens (including phenoxy) is 1. The van der Waals surface area contributed by atoms with E-state index in [-0.39, 0.29) is 30.7 Å². The molecule has 0 spiro atoms. The molecule has 4 heteroatoms. The summed E-state index contributed by atoms with van der Waals surface area (Å²) in [4.78, 5) is 0. The molecule has 0 aromatic heterocycles. The Kier molecular flexibility index (Phi) is 6.99. The molecule has 0 radical (unpaired) electrons. The van der Waals surface area contributed by atoms with Crippen molar-refractivity contribution >= 4 is 0 Å². The molecule has 1 aromatic rings. The third kappa shape index (κ3) is 5.12. The van der Waals surface area contributed by atoms with Crippen molar-refractivity contribution < 1.29 is 9.84 Å². The molecule has 3 unspecified atom stereocenters. The minimum atomic E-state index is 0.0899. The molecule has 0 saturated heterocycles. The SMILES string of the molecule is CC(C)Oc1ccc(C(CN)NC(C)C(C)CO)cc1. The van der Waals surface area contributed by atoms with Gasteiger partial charge in [-0.3, -0.25) is 0 Å². The molecule has 0 aliphatic carbocycles. The standard InChI is InChI=1S/C16H28N2O2/c1-11(2)20-15-7-5-14(6-8-15)16(9-17)18-13(4)12(3)10-19/h5-8,11-13,16,18-19H,9-10,17H2,1-4H3. The van der Waals surface area contributed by atoms with Crippen LogP contribution in [-0.2, 0) is 0 Å². The van der Waals surface area contributed by atoms with Gasteiger partial charge in [-0.05, 0) is 44.4 Å². The molecular formula is C16H28N2O2. The summed E-state index contributed by atoms with van der Waals surface area (Å²) in [6.45, 7) is 8.80. The molecule has 4 N–H and O–H groups in total. The van der Waals surface area contributed by atoms with Gasteiger partial charge >= 0.3 is 0 Å². The van der Waals surface area contributed by atoms with Gasteiger partial charge in [-0.1, -0.05) is 19.1 Å². The lowest BCUT2D eigenvalue weighted by molar-refractivity contribution is 0.201. The molecule has 0 bridgehead atoms. The van der Waals surface area contributed by atoms with Gasteiger partial charge < -0.3 is 20.9 Å². The summed E-state index contributed by atoms with van der Waals surface area (Å²) >= 11 is 0. The Morgan fingerprint density at radius 3 is 2.20 bits per heavy atom. The summed E-state index contributed by atoms with van der Waals surface area (Å²) < 4.78 is 5.63. The maximum Gasteiger partial charge on any atom is 0.119 e. The highest BCUT2D eigenvalue weighted by Gasteiger charge is 2.17. The van der Waals surface area contributed by atoms with Gasteiger partial charge in [0.2, 0.25) is 0 Å². The number of nitrogens with one attached hydrogen (secondary N) is 1. The van der Waals surface area contributed by atoms with Gasteiger partial charge in [0, 0.05) is 25.2 Å². The van der Waals surface area contributed by atoms with Gasteiger partial charge in [-0.25, -0.2) is 0 Å². The van der Waals surface area contributed by atoms with E-state index in [1.54, 1.807) is 0 Å². The van der Waals surface area contributed by atoms with Gasteiger partial charge in [0.15, 0.2) is 0 Å². The Balaban J connectivity index is 2.70. The maximum atomic E-state index is 9.19. The molecule has 0 heterocycles. The van der Waals surface area contributed by atoms with Crippen molar-refractivity contribution in [3.63, 3.8) is 0 Å². The normalized spacial score (nSPS) is 15.9. The van der Waals surface area contributed by atoms with Crippen molar-refractivity contribution in [3.8, 4) is 5.75 Å². The van der Waals surface area contributed by atoms with E-state index in [4.69, 9.17) is 10.5 Å². The molecular weight excluding hydrogens is 252 g/mol. The minimum Gasteiger partial charge on any atom is -0.491 e. The van der Waals surface area contributed by atoms with E-state index < -0.39 is 0 Å². The average Bonchev–Trinajstić information content (AvgIpc) is 2.44. The molecule has 0 aliphatic heterocycles. The maximum absolute atomic E-state index is 9.19. The molecule has 20 heavy (non-hydrogen) atoms. The summed E-state index contributed by atoms with van der Waals surface area (Å²) in [5, 5.41) is 12.7. The van der Waals surface area contributed by atoms with Crippen LogP contribution >= 0.6 is 0 Å². The van der Waals surface area contributed by atoms with E-state index in [9.17, 15) is 5.11 Å². The first-order valence-corrected chi connectivity index (χ1v) is 7.31. The van der Waals surface area contributed by atoms with Gasteiger partial charge in [0.25, 0.3) is 0 Å². The van der Waals surface area contributed by atoms with E-state index in [1.807, 2.05) is 45.0 Å². The zero-order valence-electron chi connectivity index (χ0n) is 13.0. The van der Waals surface area contributed by atoms with Gasteiger partial charge in [-0.15, -0.1) is 0 Å². The highest BCUT2D eigenvalue weighted by atomic mass is 16.5. The third-order valence-corrected chi connectivity index (χ3v) is 3.50. The van der Waals surface area contributed by atoms with E-state index in [0.29, 0.717) is 6.54 Å². The van der Waals surface area contributed by atoms with Crippen LogP contribution in [0.1, 0.15) is 39.3 Å². The third-order valence-electron chi connectivity index (χ3n) is 3.50. The highest BCUT2D eigenvalue weighted by Crippen LogP contribution is 2.19. The number of aliphatic hydroxyl groups excluding tert-OH is 1. The predicted molar refractivity (Wildman–Crippen MR) is 82.8 cm³/mol. The Morgan fingerprint density at radius 1 is 1.15 bits per heavy atom. The van der Waals surface area contributed by atoms with Crippen molar-refractivity contribution in [2.45, 2.75) is 45.9 Å². The Labute approximate surface area is 122 Å². The van der Waals surface area contributed by atoms with E-state index >= 15 is 0 Å². The Hall–Kier alpha value is -1.10. The summed E-state index contributed by atoms with van der Waals surface area (Å²) in [6.07, 6.45) is 0.176. The van der Waals surface area contributed by atoms with E-state index in [1.165, 1.54) is 0 Å². The molecule has 0 saturated carbocycles. The monoisotopic (exact) mass is 280 g/mol. The zero-order chi connectivity index (χ0) is 15.1. The van der Waals surface area contributed by atoms with Crippen molar-refractivity contribution in [1.82, 2.24) is 5.32 Å². The van der Waals surface area contributed by atoms with Crippen molar-refractivity contribution in [2.24, 2.45) is 11.7 Å². The van der Waals surface area contributed by atoms with E-state index in [2.05, 4.69) is 12.2 Å². The van der Waals surface area contributed by atoms with Gasteiger partial charge in [0.05, 0.1) is 6.10 Å². The van der Waals surface area contributed by atoms with Crippen LogP contribution in [0.25, 0.3) is 0 Å². The van der Waals surface area contributed by atoms with Crippen LogP contribution in [0.15, 0.2) is 24.3 Å². The number of benzene rings is 1. The molecule has 114 valence electrons. The fourth-order valence-corrected chi connectivity index (χ4v) is 1.99. The van der Waals surface area contributed by atoms with E-state index in [0.717, 1.165) is 11.3 Å². The quantitative estimate of drug-likeness (QED) is 0.682. The van der Waals surface area contributed by atoms with Gasteiger partial charge in [-0.2, -0.15) is 0 Å². The topological polar surface area (TPSA) is 67.5 Å². The molecule has 0 amide bonds. The lowest BCUT2D eigenvalue weighted by Gasteiger charge is -2.26. The van der Waals surface area contributed by atoms with Crippen LogP contribution in [0.5, 0.6) is 5.75 Å². The summed E-state index contributed by atoms with van der Waals surface area (Å²) in [5.74, 6) is 1.07. The fourth-order valence-electron chi connectivity index (χ4n) is 1.99. The predicted octanol–water partition coefficient (Wildman–Crippen LogP) is 2.08. The number of hydrogen-bond donors (Lipinski definition) is 3. The van der Waals surface area contributed by atoms with Crippen LogP contribution < -0.4 is 15.8 Å². The van der Waals surface area contributed by atoms with Crippen LogP contribution in [0.2, 0.25) is 0 Å². The first kappa shape index (κ1) is 17.0. The molecule has 3 atom stereocenters. The van der Waals surface area contributed by atoms with Crippen molar-refractivity contribution in [3.05, 3.63) is 29.8 Å². The minimum absolute atomic E-state index is 0.0899. The lowest BCUT2D eigenvalue weighted by atomic mass is 10.0. The molecule has 0 aliphatic rings. The molecule has 1 aromatic carbocycles. The zero-order valence-corrected chi connectivity index (χ0v) is 13.0. The molecule has 4 nitrogen and oxygen atoms in total. The summed E-state index contributed by atoms with van der Waals surface area (Å²) in [5.41, 5.74) is 7.00. The number of aliphatic hydroxyl groups is 1. The average molecular weight is 280 g/mol.